The predicted molar refractivity (Wildman–Crippen MR) is 271 cm³/mol. The smallest absolute Gasteiger partial charge is 0.342 e. The molecule has 374 valence electrons. The fourth-order valence-electron chi connectivity index (χ4n) is 10.9. The van der Waals surface area contributed by atoms with Gasteiger partial charge in [-0.15, -0.1) is 0 Å². The minimum Gasteiger partial charge on any atom is -0.481 e. The van der Waals surface area contributed by atoms with Crippen LogP contribution in [0.15, 0.2) is 94.0 Å². The summed E-state index contributed by atoms with van der Waals surface area (Å²) in [4.78, 5) is 63.1. The summed E-state index contributed by atoms with van der Waals surface area (Å²) >= 11 is 0. The van der Waals surface area contributed by atoms with Crippen molar-refractivity contribution in [1.82, 2.24) is 10.3 Å². The Kier molecular flexibility index (Phi) is 16.4. The van der Waals surface area contributed by atoms with Gasteiger partial charge in [-0.05, 0) is 134 Å². The van der Waals surface area contributed by atoms with Gasteiger partial charge in [-0.1, -0.05) is 97.0 Å². The van der Waals surface area contributed by atoms with Gasteiger partial charge in [0.1, 0.15) is 35.7 Å². The molecule has 2 fully saturated rings. The lowest BCUT2D eigenvalue weighted by Gasteiger charge is -2.37. The maximum Gasteiger partial charge on any atom is 0.342 e. The van der Waals surface area contributed by atoms with E-state index in [0.717, 1.165) is 47.9 Å². The quantitative estimate of drug-likeness (QED) is 0.0385. The average Bonchev–Trinajstić information content (AvgIpc) is 3.80. The molecule has 70 heavy (non-hydrogen) atoms. The number of nitrogens with one attached hydrogen (secondary N) is 3. The molecule has 14 nitrogen and oxygen atoms in total. The zero-order chi connectivity index (χ0) is 50.6. The molecule has 2 saturated carbocycles. The van der Waals surface area contributed by atoms with Crippen LogP contribution in [-0.4, -0.2) is 59.9 Å². The third kappa shape index (κ3) is 11.8. The number of carbonyl (C=O) groups excluding carboxylic acids is 3. The number of carbonyl (C=O) groups is 3. The number of aliphatic imine (C=N–C) groups is 1. The first kappa shape index (κ1) is 52.0. The van der Waals surface area contributed by atoms with Gasteiger partial charge >= 0.3 is 5.97 Å². The van der Waals surface area contributed by atoms with Crippen molar-refractivity contribution in [3.63, 3.8) is 0 Å². The highest BCUT2D eigenvalue weighted by Gasteiger charge is 2.40. The Morgan fingerprint density at radius 3 is 1.90 bits per heavy atom. The molecule has 4 aromatic rings. The number of nitrogens with zero attached hydrogens (tertiary/aromatic N) is 1. The van der Waals surface area contributed by atoms with E-state index >= 15 is 4.79 Å². The van der Waals surface area contributed by atoms with E-state index in [0.29, 0.717) is 45.7 Å². The Morgan fingerprint density at radius 2 is 1.36 bits per heavy atom. The van der Waals surface area contributed by atoms with E-state index in [2.05, 4.69) is 57.2 Å². The van der Waals surface area contributed by atoms with Crippen LogP contribution >= 0.6 is 0 Å². The number of aromatic nitrogens is 1. The van der Waals surface area contributed by atoms with Gasteiger partial charge in [0, 0.05) is 23.6 Å². The first-order valence-electron chi connectivity index (χ1n) is 24.5. The van der Waals surface area contributed by atoms with Crippen molar-refractivity contribution < 1.29 is 46.6 Å². The number of aromatic amines is 1. The summed E-state index contributed by atoms with van der Waals surface area (Å²) in [5.74, 6) is 0.727. The normalized spacial score (nSPS) is 24.8. The van der Waals surface area contributed by atoms with Crippen LogP contribution in [0.5, 0.6) is 5.75 Å². The van der Waals surface area contributed by atoms with Crippen LogP contribution in [0.4, 0.5) is 5.82 Å². The van der Waals surface area contributed by atoms with Crippen molar-refractivity contribution in [3.05, 3.63) is 112 Å². The van der Waals surface area contributed by atoms with Gasteiger partial charge in [-0.2, -0.15) is 8.42 Å². The second-order valence-electron chi connectivity index (χ2n) is 20.0. The number of aryl methyl sites for hydroxylation is 2. The summed E-state index contributed by atoms with van der Waals surface area (Å²) < 4.78 is 45.6. The Hall–Kier alpha value is -5.87. The Labute approximate surface area is 412 Å². The lowest BCUT2D eigenvalue weighted by Crippen LogP contribution is -2.43. The van der Waals surface area contributed by atoms with Gasteiger partial charge < -0.3 is 25.1 Å². The van der Waals surface area contributed by atoms with E-state index < -0.39 is 34.2 Å². The molecule has 7 rings (SSSR count). The molecule has 0 radical (unpaired) electrons. The number of anilines is 1. The van der Waals surface area contributed by atoms with E-state index in [-0.39, 0.29) is 70.8 Å². The number of H-pyrrole nitrogens is 1. The van der Waals surface area contributed by atoms with Crippen molar-refractivity contribution in [2.45, 2.75) is 131 Å². The lowest BCUT2D eigenvalue weighted by atomic mass is 9.75. The number of benzene rings is 3. The third-order valence-electron chi connectivity index (χ3n) is 14.0. The Bertz CT molecular complexity index is 2770. The molecule has 3 aromatic carbocycles. The number of amidine groups is 1. The van der Waals surface area contributed by atoms with Gasteiger partial charge in [0.15, 0.2) is 6.10 Å². The van der Waals surface area contributed by atoms with Crippen molar-refractivity contribution in [2.24, 2.45) is 40.5 Å². The zero-order valence-corrected chi connectivity index (χ0v) is 42.7. The van der Waals surface area contributed by atoms with Crippen molar-refractivity contribution in [2.75, 3.05) is 5.32 Å². The Balaban J connectivity index is 1.38. The number of rotatable bonds is 15. The predicted octanol–water partition coefficient (Wildman–Crippen LogP) is 10.8. The van der Waals surface area contributed by atoms with Crippen LogP contribution < -0.4 is 15.4 Å². The third-order valence-corrected chi connectivity index (χ3v) is 14.9. The molecule has 15 heteroatoms. The van der Waals surface area contributed by atoms with Gasteiger partial charge in [0.05, 0.1) is 22.4 Å². The van der Waals surface area contributed by atoms with Crippen LogP contribution in [0.1, 0.15) is 115 Å². The molecule has 2 aliphatic carbocycles. The van der Waals surface area contributed by atoms with E-state index in [1.807, 2.05) is 68.5 Å². The number of ether oxygens (including phenoxy) is 2. The molecule has 1 aliphatic heterocycles. The van der Waals surface area contributed by atoms with Crippen LogP contribution in [0.3, 0.4) is 0 Å². The van der Waals surface area contributed by atoms with Crippen molar-refractivity contribution >= 4 is 51.2 Å². The molecule has 2 amide bonds. The van der Waals surface area contributed by atoms with Gasteiger partial charge in [-0.25, -0.2) is 19.6 Å². The standard InChI is InChI=1S/C55H68N4O10S/c1-11-46(67-39-20-22-40(23-21-39)70(63,64)65)54(61)59-53-49(55(62)68-50-34(6)24-30(2)25-35(50)7)48(42-19-15-13-17-33(42)5)45(58-53)28-44-47(41-18-14-12-16-32(41)4)43(52(57-44)56-38(10)60)29-66-69-51-36(8)26-31(3)27-37(51)9/h12-23,28,30-31,34-37,46,50-51,57H,11,24-27,29H2,1-10H3,(H,56,60)(H,58,59,61)(H,63,64,65). The van der Waals surface area contributed by atoms with Crippen LogP contribution in [0, 0.1) is 49.4 Å². The summed E-state index contributed by atoms with van der Waals surface area (Å²) in [7, 11) is -4.46. The van der Waals surface area contributed by atoms with Gasteiger partial charge in [-0.3, -0.25) is 14.1 Å². The monoisotopic (exact) mass is 976 g/mol. The molecule has 1 aromatic heterocycles. The number of esters is 1. The summed E-state index contributed by atoms with van der Waals surface area (Å²) in [5, 5.41) is 5.92. The van der Waals surface area contributed by atoms with Gasteiger partial charge in [0.25, 0.3) is 16.0 Å². The molecule has 3 aliphatic rings. The van der Waals surface area contributed by atoms with Crippen LogP contribution in [0.25, 0.3) is 22.8 Å². The summed E-state index contributed by atoms with van der Waals surface area (Å²) in [6, 6.07) is 20.6. The van der Waals surface area contributed by atoms with Gasteiger partial charge in [0.2, 0.25) is 5.91 Å². The SMILES string of the molecule is CCC(Oc1ccc(S(=O)(=O)O)cc1)C(=O)NC1=NC(=Cc2[nH]c(NC(C)=O)c(COOC3C(C)CC(C)CC3C)c2-c2ccccc2C)C(c2ccccc2C)=C1C(=O)OC1C(C)CC(C)CC1C. The zero-order valence-electron chi connectivity index (χ0n) is 41.9. The highest BCUT2D eigenvalue weighted by Crippen LogP contribution is 2.43. The summed E-state index contributed by atoms with van der Waals surface area (Å²) in [5.41, 5.74) is 6.05. The van der Waals surface area contributed by atoms with E-state index in [4.69, 9.17) is 24.2 Å². The number of hydrogen-bond donors (Lipinski definition) is 4. The molecule has 0 bridgehead atoms. The largest absolute Gasteiger partial charge is 0.481 e. The molecule has 4 N–H and O–H groups in total. The molecule has 0 spiro atoms. The van der Waals surface area contributed by atoms with E-state index in [1.54, 1.807) is 6.92 Å². The topological polar surface area (TPSA) is 195 Å². The molecular formula is C55H68N4O10S. The molecular weight excluding hydrogens is 909 g/mol. The van der Waals surface area contributed by atoms with E-state index in [9.17, 15) is 22.6 Å². The summed E-state index contributed by atoms with van der Waals surface area (Å²) in [6.07, 6.45) is 4.19. The highest BCUT2D eigenvalue weighted by molar-refractivity contribution is 7.85. The number of allylic oxidation sites excluding steroid dienone is 1. The number of hydrogen-bond acceptors (Lipinski definition) is 10. The molecule has 2 heterocycles. The van der Waals surface area contributed by atoms with Crippen LogP contribution in [0.2, 0.25) is 0 Å². The highest BCUT2D eigenvalue weighted by atomic mass is 32.2. The fourth-order valence-corrected chi connectivity index (χ4v) is 11.4. The molecule has 5 unspecified atom stereocenters. The fraction of sp³-hybridized carbons (Fsp3) is 0.455. The molecule has 0 saturated heterocycles. The maximum absolute atomic E-state index is 15.1. The first-order chi connectivity index (χ1) is 33.2. The minimum absolute atomic E-state index is 0.0135. The summed E-state index contributed by atoms with van der Waals surface area (Å²) in [6.45, 7) is 20.1. The first-order valence-corrected chi connectivity index (χ1v) is 25.9. The van der Waals surface area contributed by atoms with E-state index in [1.165, 1.54) is 31.2 Å². The minimum atomic E-state index is -4.46. The van der Waals surface area contributed by atoms with Crippen molar-refractivity contribution in [1.29, 1.82) is 0 Å². The Morgan fingerprint density at radius 1 is 0.800 bits per heavy atom. The average molecular weight is 977 g/mol. The second-order valence-corrected chi connectivity index (χ2v) is 21.4. The number of amides is 2. The lowest BCUT2D eigenvalue weighted by molar-refractivity contribution is -0.354. The molecule has 5 atom stereocenters. The van der Waals surface area contributed by atoms with Crippen molar-refractivity contribution in [3.8, 4) is 16.9 Å². The second kappa shape index (κ2) is 22.0. The maximum atomic E-state index is 15.1. The van der Waals surface area contributed by atoms with Crippen LogP contribution in [-0.2, 0) is 45.6 Å².